The van der Waals surface area contributed by atoms with Gasteiger partial charge in [-0.25, -0.2) is 0 Å². The first kappa shape index (κ1) is 14.9. The monoisotopic (exact) mass is 289 g/mol. The summed E-state index contributed by atoms with van der Waals surface area (Å²) >= 11 is 0. The van der Waals surface area contributed by atoms with Gasteiger partial charge in [0.15, 0.2) is 0 Å². The Morgan fingerprint density at radius 2 is 1.86 bits per heavy atom. The molecule has 0 amide bonds. The number of likely N-dealkylation sites (tertiary alicyclic amines) is 1. The molecule has 0 radical (unpaired) electrons. The van der Waals surface area contributed by atoms with E-state index in [4.69, 9.17) is 4.74 Å². The second kappa shape index (κ2) is 6.80. The molecule has 1 aromatic carbocycles. The number of β-amino-alcohol motifs (C(OH)–C–C–N with tert-alkyl or cyclic N) is 1. The lowest BCUT2D eigenvalue weighted by molar-refractivity contribution is 0.0894. The lowest BCUT2D eigenvalue weighted by atomic mass is 9.95. The van der Waals surface area contributed by atoms with Crippen LogP contribution in [-0.2, 0) is 0 Å². The minimum Gasteiger partial charge on any atom is -0.497 e. The highest BCUT2D eigenvalue weighted by molar-refractivity contribution is 5.28. The van der Waals surface area contributed by atoms with E-state index in [-0.39, 0.29) is 0 Å². The zero-order chi connectivity index (χ0) is 14.7. The summed E-state index contributed by atoms with van der Waals surface area (Å²) in [6.45, 7) is 1.92. The largest absolute Gasteiger partial charge is 0.497 e. The molecule has 1 aliphatic carbocycles. The normalized spacial score (nSPS) is 25.3. The Labute approximate surface area is 127 Å². The van der Waals surface area contributed by atoms with Crippen LogP contribution in [0.1, 0.15) is 50.2 Å². The zero-order valence-corrected chi connectivity index (χ0v) is 13.0. The van der Waals surface area contributed by atoms with E-state index in [1.807, 2.05) is 24.3 Å². The maximum Gasteiger partial charge on any atom is 0.118 e. The molecular weight excluding hydrogens is 262 g/mol. The van der Waals surface area contributed by atoms with Crippen molar-refractivity contribution < 1.29 is 9.84 Å². The van der Waals surface area contributed by atoms with Crippen LogP contribution < -0.4 is 4.74 Å². The fourth-order valence-corrected chi connectivity index (χ4v) is 4.11. The van der Waals surface area contributed by atoms with Gasteiger partial charge < -0.3 is 9.84 Å². The molecule has 1 aliphatic heterocycles. The standard InChI is InChI=1S/C18H27NO2/c1-21-16-10-8-15(9-11-16)18(20)13-19-12-4-7-17(19)14-5-2-3-6-14/h8-11,14,17-18,20H,2-7,12-13H2,1H3. The molecule has 2 fully saturated rings. The van der Waals surface area contributed by atoms with E-state index in [1.54, 1.807) is 7.11 Å². The predicted octanol–water partition coefficient (Wildman–Crippen LogP) is 3.38. The van der Waals surface area contributed by atoms with Crippen molar-refractivity contribution in [3.63, 3.8) is 0 Å². The van der Waals surface area contributed by atoms with Gasteiger partial charge in [-0.15, -0.1) is 0 Å². The smallest absolute Gasteiger partial charge is 0.118 e. The summed E-state index contributed by atoms with van der Waals surface area (Å²) in [5.41, 5.74) is 0.993. The van der Waals surface area contributed by atoms with E-state index in [0.717, 1.165) is 30.3 Å². The molecule has 21 heavy (non-hydrogen) atoms. The summed E-state index contributed by atoms with van der Waals surface area (Å²) in [4.78, 5) is 2.53. The van der Waals surface area contributed by atoms with E-state index in [2.05, 4.69) is 4.90 Å². The van der Waals surface area contributed by atoms with Gasteiger partial charge in [-0.05, 0) is 55.8 Å². The number of nitrogens with zero attached hydrogens (tertiary/aromatic N) is 1. The minimum atomic E-state index is -0.391. The van der Waals surface area contributed by atoms with Gasteiger partial charge in [0.05, 0.1) is 13.2 Å². The Balaban J connectivity index is 1.61. The Morgan fingerprint density at radius 1 is 1.14 bits per heavy atom. The number of rotatable bonds is 5. The van der Waals surface area contributed by atoms with Crippen LogP contribution >= 0.6 is 0 Å². The second-order valence-corrected chi connectivity index (χ2v) is 6.54. The highest BCUT2D eigenvalue weighted by atomic mass is 16.5. The van der Waals surface area contributed by atoms with Crippen molar-refractivity contribution >= 4 is 0 Å². The van der Waals surface area contributed by atoms with Crippen LogP contribution in [0.5, 0.6) is 5.75 Å². The number of hydrogen-bond donors (Lipinski definition) is 1. The summed E-state index contributed by atoms with van der Waals surface area (Å²) in [5, 5.41) is 10.5. The number of aliphatic hydroxyl groups is 1. The summed E-state index contributed by atoms with van der Waals surface area (Å²) < 4.78 is 5.17. The molecule has 3 rings (SSSR count). The van der Waals surface area contributed by atoms with Crippen molar-refractivity contribution in [3.05, 3.63) is 29.8 Å². The average Bonchev–Trinajstić information content (AvgIpc) is 3.18. The number of ether oxygens (including phenoxy) is 1. The summed E-state index contributed by atoms with van der Waals surface area (Å²) in [5.74, 6) is 1.71. The summed E-state index contributed by atoms with van der Waals surface area (Å²) in [7, 11) is 1.67. The quantitative estimate of drug-likeness (QED) is 0.902. The summed E-state index contributed by atoms with van der Waals surface area (Å²) in [6, 6.07) is 8.52. The van der Waals surface area contributed by atoms with Gasteiger partial charge in [0, 0.05) is 12.6 Å². The van der Waals surface area contributed by atoms with Crippen molar-refractivity contribution in [1.29, 1.82) is 0 Å². The van der Waals surface area contributed by atoms with Crippen molar-refractivity contribution in [2.45, 2.75) is 50.7 Å². The third kappa shape index (κ3) is 3.41. The minimum absolute atomic E-state index is 0.391. The number of benzene rings is 1. The number of methoxy groups -OCH3 is 1. The summed E-state index contributed by atoms with van der Waals surface area (Å²) in [6.07, 6.45) is 7.79. The molecule has 2 aliphatic rings. The Kier molecular flexibility index (Phi) is 4.81. The topological polar surface area (TPSA) is 32.7 Å². The van der Waals surface area contributed by atoms with Gasteiger partial charge >= 0.3 is 0 Å². The lowest BCUT2D eigenvalue weighted by Crippen LogP contribution is -2.37. The molecule has 0 spiro atoms. The van der Waals surface area contributed by atoms with Crippen LogP contribution in [0.2, 0.25) is 0 Å². The molecule has 1 heterocycles. The van der Waals surface area contributed by atoms with Gasteiger partial charge in [0.2, 0.25) is 0 Å². The van der Waals surface area contributed by atoms with Gasteiger partial charge in [0.25, 0.3) is 0 Å². The maximum atomic E-state index is 10.5. The van der Waals surface area contributed by atoms with Crippen LogP contribution in [0.15, 0.2) is 24.3 Å². The predicted molar refractivity (Wildman–Crippen MR) is 84.5 cm³/mol. The first-order valence-corrected chi connectivity index (χ1v) is 8.34. The molecular formula is C18H27NO2. The molecule has 1 saturated carbocycles. The zero-order valence-electron chi connectivity index (χ0n) is 13.0. The Bertz CT molecular complexity index is 439. The molecule has 3 nitrogen and oxygen atoms in total. The highest BCUT2D eigenvalue weighted by Crippen LogP contribution is 2.36. The molecule has 116 valence electrons. The van der Waals surface area contributed by atoms with E-state index >= 15 is 0 Å². The van der Waals surface area contributed by atoms with Crippen molar-refractivity contribution in [2.24, 2.45) is 5.92 Å². The van der Waals surface area contributed by atoms with Gasteiger partial charge in [-0.3, -0.25) is 4.90 Å². The third-order valence-corrected chi connectivity index (χ3v) is 5.27. The number of aliphatic hydroxyl groups excluding tert-OH is 1. The van der Waals surface area contributed by atoms with E-state index in [9.17, 15) is 5.11 Å². The van der Waals surface area contributed by atoms with Crippen LogP contribution in [0.25, 0.3) is 0 Å². The van der Waals surface area contributed by atoms with Crippen LogP contribution in [-0.4, -0.2) is 36.2 Å². The molecule has 2 unspecified atom stereocenters. The average molecular weight is 289 g/mol. The Hall–Kier alpha value is -1.06. The lowest BCUT2D eigenvalue weighted by Gasteiger charge is -2.31. The molecule has 1 aromatic rings. The van der Waals surface area contributed by atoms with Gasteiger partial charge in [0.1, 0.15) is 5.75 Å². The first-order valence-electron chi connectivity index (χ1n) is 8.34. The first-order chi connectivity index (χ1) is 10.3. The van der Waals surface area contributed by atoms with Crippen molar-refractivity contribution in [1.82, 2.24) is 4.90 Å². The second-order valence-electron chi connectivity index (χ2n) is 6.54. The van der Waals surface area contributed by atoms with Crippen molar-refractivity contribution in [2.75, 3.05) is 20.2 Å². The van der Waals surface area contributed by atoms with Crippen LogP contribution in [0, 0.1) is 5.92 Å². The number of hydrogen-bond acceptors (Lipinski definition) is 3. The SMILES string of the molecule is COc1ccc(C(O)CN2CCCC2C2CCCC2)cc1. The van der Waals surface area contributed by atoms with Crippen LogP contribution in [0.4, 0.5) is 0 Å². The van der Waals surface area contributed by atoms with E-state index in [1.165, 1.54) is 38.5 Å². The molecule has 0 bridgehead atoms. The Morgan fingerprint density at radius 3 is 2.52 bits per heavy atom. The molecule has 1 N–H and O–H groups in total. The maximum absolute atomic E-state index is 10.5. The fraction of sp³-hybridized carbons (Fsp3) is 0.667. The van der Waals surface area contributed by atoms with Crippen LogP contribution in [0.3, 0.4) is 0 Å². The van der Waals surface area contributed by atoms with Gasteiger partial charge in [-0.1, -0.05) is 25.0 Å². The fourth-order valence-electron chi connectivity index (χ4n) is 4.11. The van der Waals surface area contributed by atoms with E-state index in [0.29, 0.717) is 6.04 Å². The molecule has 2 atom stereocenters. The molecule has 1 saturated heterocycles. The van der Waals surface area contributed by atoms with Crippen molar-refractivity contribution in [3.8, 4) is 5.75 Å². The molecule has 3 heteroatoms. The highest BCUT2D eigenvalue weighted by Gasteiger charge is 2.34. The molecule has 0 aromatic heterocycles. The third-order valence-electron chi connectivity index (χ3n) is 5.27. The van der Waals surface area contributed by atoms with E-state index < -0.39 is 6.10 Å². The van der Waals surface area contributed by atoms with Gasteiger partial charge in [-0.2, -0.15) is 0 Å².